The van der Waals surface area contributed by atoms with Gasteiger partial charge in [0.25, 0.3) is 11.8 Å². The highest BCUT2D eigenvalue weighted by Gasteiger charge is 2.56. The molecule has 0 unspecified atom stereocenters. The molecule has 6 rings (SSSR count). The van der Waals surface area contributed by atoms with Crippen molar-refractivity contribution in [2.45, 2.75) is 32.8 Å². The lowest BCUT2D eigenvalue weighted by molar-refractivity contribution is -0.140. The van der Waals surface area contributed by atoms with Crippen LogP contribution in [0.1, 0.15) is 32.3 Å². The third-order valence-electron chi connectivity index (χ3n) is 6.33. The Bertz CT molecular complexity index is 1020. The van der Waals surface area contributed by atoms with E-state index in [1.807, 2.05) is 50.2 Å². The fourth-order valence-corrected chi connectivity index (χ4v) is 5.05. The molecule has 5 nitrogen and oxygen atoms in total. The summed E-state index contributed by atoms with van der Waals surface area (Å²) in [6, 6.07) is 11.9. The maximum atomic E-state index is 13.0. The number of hydrazone groups is 1. The summed E-state index contributed by atoms with van der Waals surface area (Å²) in [4.78, 5) is 26.0. The van der Waals surface area contributed by atoms with E-state index in [9.17, 15) is 9.59 Å². The van der Waals surface area contributed by atoms with E-state index in [1.165, 1.54) is 0 Å². The number of imide groups is 1. The van der Waals surface area contributed by atoms with Gasteiger partial charge in [-0.15, -0.1) is 0 Å². The van der Waals surface area contributed by atoms with Crippen molar-refractivity contribution in [3.63, 3.8) is 0 Å². The fourth-order valence-electron chi connectivity index (χ4n) is 5.05. The van der Waals surface area contributed by atoms with Gasteiger partial charge in [-0.3, -0.25) is 9.59 Å². The fraction of sp³-hybridized carbons (Fsp3) is 0.375. The molecule has 5 heteroatoms. The van der Waals surface area contributed by atoms with E-state index in [0.717, 1.165) is 34.2 Å². The Kier molecular flexibility index (Phi) is 4.26. The highest BCUT2D eigenvalue weighted by Crippen LogP contribution is 2.49. The van der Waals surface area contributed by atoms with Crippen molar-refractivity contribution in [1.82, 2.24) is 5.01 Å². The highest BCUT2D eigenvalue weighted by molar-refractivity contribution is 6.08. The summed E-state index contributed by atoms with van der Waals surface area (Å²) in [6.07, 6.45) is 7.81. The van der Waals surface area contributed by atoms with Gasteiger partial charge in [0.05, 0.1) is 24.2 Å². The minimum Gasteiger partial charge on any atom is -0.490 e. The molecule has 1 aliphatic heterocycles. The van der Waals surface area contributed by atoms with Gasteiger partial charge < -0.3 is 4.74 Å². The highest BCUT2D eigenvalue weighted by atomic mass is 16.5. The number of carbonyl (C=O) groups excluding carboxylic acids is 2. The van der Waals surface area contributed by atoms with Gasteiger partial charge in [-0.2, -0.15) is 10.1 Å². The number of rotatable bonds is 4. The number of amides is 2. The van der Waals surface area contributed by atoms with Crippen molar-refractivity contribution in [3.8, 4) is 5.75 Å². The van der Waals surface area contributed by atoms with E-state index in [1.54, 1.807) is 6.21 Å². The molecule has 1 heterocycles. The zero-order valence-corrected chi connectivity index (χ0v) is 16.6. The molecule has 2 aromatic carbocycles. The number of carbonyl (C=O) groups is 2. The van der Waals surface area contributed by atoms with Crippen LogP contribution in [-0.2, 0) is 9.59 Å². The van der Waals surface area contributed by atoms with Crippen LogP contribution in [0.15, 0.2) is 53.7 Å². The number of hydrogen-bond acceptors (Lipinski definition) is 4. The summed E-state index contributed by atoms with van der Waals surface area (Å²) in [5.74, 6) is 0.201. The molecule has 1 saturated carbocycles. The first kappa shape index (κ1) is 18.1. The minimum atomic E-state index is -0.248. The lowest BCUT2D eigenvalue weighted by Gasteiger charge is -2.37. The lowest BCUT2D eigenvalue weighted by Crippen LogP contribution is -2.38. The van der Waals surface area contributed by atoms with E-state index in [4.69, 9.17) is 4.74 Å². The Morgan fingerprint density at radius 3 is 2.28 bits per heavy atom. The molecule has 148 valence electrons. The number of allylic oxidation sites excluding steroid dienone is 2. The first-order valence-corrected chi connectivity index (χ1v) is 10.3. The normalized spacial score (nSPS) is 28.2. The van der Waals surface area contributed by atoms with Crippen LogP contribution in [-0.4, -0.2) is 29.1 Å². The molecule has 0 N–H and O–H groups in total. The predicted octanol–water partition coefficient (Wildman–Crippen LogP) is 4.16. The summed E-state index contributed by atoms with van der Waals surface area (Å²) >= 11 is 0. The van der Waals surface area contributed by atoms with Crippen molar-refractivity contribution < 1.29 is 14.3 Å². The van der Waals surface area contributed by atoms with Gasteiger partial charge in [-0.1, -0.05) is 42.5 Å². The number of ether oxygens (including phenoxy) is 1. The Labute approximate surface area is 170 Å². The quantitative estimate of drug-likeness (QED) is 0.449. The van der Waals surface area contributed by atoms with Gasteiger partial charge in [-0.25, -0.2) is 0 Å². The molecule has 2 fully saturated rings. The molecule has 0 spiro atoms. The third kappa shape index (κ3) is 2.87. The molecule has 2 aromatic rings. The maximum absolute atomic E-state index is 13.0. The van der Waals surface area contributed by atoms with Gasteiger partial charge in [-0.05, 0) is 55.4 Å². The van der Waals surface area contributed by atoms with Crippen LogP contribution in [0.3, 0.4) is 0 Å². The number of hydrogen-bond donors (Lipinski definition) is 0. The van der Waals surface area contributed by atoms with Gasteiger partial charge in [0.1, 0.15) is 5.75 Å². The molecule has 2 amide bonds. The standard InChI is InChI=1S/C24H24N2O3/c1-14(2)29-20-12-11-15-5-3-4-6-18(15)19(20)13-25-26-23(27)21-16-7-8-17(10-9-16)22(21)24(26)28/h3-8,11-14,16-17,21-22H,9-10H2,1-2H3/b25-13-/t16-,17+,21-,22-/m0/s1. The van der Waals surface area contributed by atoms with E-state index >= 15 is 0 Å². The van der Waals surface area contributed by atoms with Crippen molar-refractivity contribution in [3.05, 3.63) is 54.1 Å². The van der Waals surface area contributed by atoms with Gasteiger partial charge in [0.2, 0.25) is 0 Å². The average molecular weight is 388 g/mol. The summed E-state index contributed by atoms with van der Waals surface area (Å²) in [5, 5.41) is 7.54. The number of nitrogens with zero attached hydrogens (tertiary/aromatic N) is 2. The predicted molar refractivity (Wildman–Crippen MR) is 111 cm³/mol. The van der Waals surface area contributed by atoms with E-state index in [0.29, 0.717) is 5.75 Å². The van der Waals surface area contributed by atoms with E-state index in [-0.39, 0.29) is 41.6 Å². The second kappa shape index (κ2) is 6.83. The molecule has 1 saturated heterocycles. The summed E-state index contributed by atoms with van der Waals surface area (Å²) in [7, 11) is 0. The van der Waals surface area contributed by atoms with Crippen LogP contribution in [0.4, 0.5) is 0 Å². The number of fused-ring (bicyclic) bond motifs is 2. The first-order valence-electron chi connectivity index (χ1n) is 10.3. The Morgan fingerprint density at radius 2 is 1.66 bits per heavy atom. The molecule has 29 heavy (non-hydrogen) atoms. The maximum Gasteiger partial charge on any atom is 0.254 e. The monoisotopic (exact) mass is 388 g/mol. The Balaban J connectivity index is 1.53. The average Bonchev–Trinajstić information content (AvgIpc) is 3.00. The first-order chi connectivity index (χ1) is 14.0. The van der Waals surface area contributed by atoms with Crippen LogP contribution >= 0.6 is 0 Å². The molecular weight excluding hydrogens is 364 g/mol. The SMILES string of the molecule is CC(C)Oc1ccc2ccccc2c1/C=N\N1C(=O)[C@@H]2[C@@H](C1=O)[C@H]1C=C[C@@H]2CC1. The molecule has 2 bridgehead atoms. The van der Waals surface area contributed by atoms with Crippen molar-refractivity contribution in [2.24, 2.45) is 28.8 Å². The summed E-state index contributed by atoms with van der Waals surface area (Å²) in [6.45, 7) is 3.94. The zero-order chi connectivity index (χ0) is 20.1. The van der Waals surface area contributed by atoms with Crippen LogP contribution in [0, 0.1) is 23.7 Å². The van der Waals surface area contributed by atoms with Crippen molar-refractivity contribution >= 4 is 28.8 Å². The van der Waals surface area contributed by atoms with Crippen LogP contribution in [0.5, 0.6) is 5.75 Å². The Hall–Kier alpha value is -2.95. The van der Waals surface area contributed by atoms with Crippen molar-refractivity contribution in [1.29, 1.82) is 0 Å². The molecule has 4 aliphatic rings. The zero-order valence-electron chi connectivity index (χ0n) is 16.6. The van der Waals surface area contributed by atoms with E-state index in [2.05, 4.69) is 17.3 Å². The molecule has 0 radical (unpaired) electrons. The largest absolute Gasteiger partial charge is 0.490 e. The second-order valence-corrected chi connectivity index (χ2v) is 8.44. The summed E-state index contributed by atoms with van der Waals surface area (Å²) in [5.41, 5.74) is 0.786. The molecular formula is C24H24N2O3. The topological polar surface area (TPSA) is 59.0 Å². The molecule has 0 aromatic heterocycles. The minimum absolute atomic E-state index is 0.00271. The van der Waals surface area contributed by atoms with E-state index < -0.39 is 0 Å². The second-order valence-electron chi connectivity index (χ2n) is 8.44. The van der Waals surface area contributed by atoms with Crippen LogP contribution in [0.2, 0.25) is 0 Å². The Morgan fingerprint density at radius 1 is 1.00 bits per heavy atom. The van der Waals surface area contributed by atoms with Crippen LogP contribution < -0.4 is 4.74 Å². The smallest absolute Gasteiger partial charge is 0.254 e. The summed E-state index contributed by atoms with van der Waals surface area (Å²) < 4.78 is 5.97. The third-order valence-corrected chi connectivity index (χ3v) is 6.33. The van der Waals surface area contributed by atoms with Gasteiger partial charge in [0.15, 0.2) is 0 Å². The molecule has 4 atom stereocenters. The lowest BCUT2D eigenvalue weighted by atomic mass is 9.63. The van der Waals surface area contributed by atoms with Crippen LogP contribution in [0.25, 0.3) is 10.8 Å². The number of benzene rings is 2. The molecule has 3 aliphatic carbocycles. The van der Waals surface area contributed by atoms with Gasteiger partial charge >= 0.3 is 0 Å². The van der Waals surface area contributed by atoms with Gasteiger partial charge in [0, 0.05) is 5.56 Å². The van der Waals surface area contributed by atoms with Crippen molar-refractivity contribution in [2.75, 3.05) is 0 Å².